The number of aliphatic hydroxyl groups excluding tert-OH is 1. The van der Waals surface area contributed by atoms with Gasteiger partial charge < -0.3 is 9.84 Å². The van der Waals surface area contributed by atoms with Gasteiger partial charge in [-0.05, 0) is 13.0 Å². The molecule has 90 valence electrons. The van der Waals surface area contributed by atoms with E-state index in [0.717, 1.165) is 0 Å². The molecule has 0 aliphatic rings. The van der Waals surface area contributed by atoms with Crippen LogP contribution in [0.5, 0.6) is 5.88 Å². The van der Waals surface area contributed by atoms with Gasteiger partial charge in [0.2, 0.25) is 5.88 Å². The highest BCUT2D eigenvalue weighted by atomic mass is 35.5. The van der Waals surface area contributed by atoms with E-state index in [4.69, 9.17) is 27.9 Å². The van der Waals surface area contributed by atoms with Crippen LogP contribution in [0.1, 0.15) is 18.6 Å². The van der Waals surface area contributed by atoms with E-state index in [0.29, 0.717) is 32.4 Å². The van der Waals surface area contributed by atoms with Gasteiger partial charge in [-0.15, -0.1) is 0 Å². The minimum atomic E-state index is -0.764. The van der Waals surface area contributed by atoms with E-state index >= 15 is 0 Å². The number of rotatable bonds is 2. The molecule has 1 unspecified atom stereocenters. The summed E-state index contributed by atoms with van der Waals surface area (Å²) in [4.78, 5) is 8.05. The number of benzene rings is 1. The number of fused-ring (bicyclic) bond motifs is 1. The summed E-state index contributed by atoms with van der Waals surface area (Å²) >= 11 is 12.3. The van der Waals surface area contributed by atoms with Crippen LogP contribution in [0.4, 0.5) is 0 Å². The lowest BCUT2D eigenvalue weighted by Gasteiger charge is -2.13. The van der Waals surface area contributed by atoms with Gasteiger partial charge >= 0.3 is 0 Å². The molecule has 4 nitrogen and oxygen atoms in total. The van der Waals surface area contributed by atoms with Gasteiger partial charge in [0, 0.05) is 10.6 Å². The monoisotopic (exact) mass is 272 g/mol. The van der Waals surface area contributed by atoms with Gasteiger partial charge in [0.1, 0.15) is 6.33 Å². The maximum atomic E-state index is 9.63. The number of hydrogen-bond acceptors (Lipinski definition) is 4. The third-order valence-corrected chi connectivity index (χ3v) is 3.13. The lowest BCUT2D eigenvalue weighted by atomic mass is 10.1. The van der Waals surface area contributed by atoms with E-state index < -0.39 is 6.10 Å². The van der Waals surface area contributed by atoms with Crippen LogP contribution in [0, 0.1) is 0 Å². The Hall–Kier alpha value is -1.10. The molecule has 1 atom stereocenters. The number of aliphatic hydroxyl groups is 1. The molecule has 2 rings (SSSR count). The molecule has 0 spiro atoms. The fourth-order valence-electron chi connectivity index (χ4n) is 1.67. The molecule has 0 saturated heterocycles. The first kappa shape index (κ1) is 12.4. The predicted octanol–water partition coefficient (Wildman–Crippen LogP) is 3.00. The van der Waals surface area contributed by atoms with Crippen LogP contribution in [0.15, 0.2) is 12.4 Å². The summed E-state index contributed by atoms with van der Waals surface area (Å²) in [7, 11) is 1.51. The Balaban J connectivity index is 2.85. The van der Waals surface area contributed by atoms with Crippen molar-refractivity contribution in [3.63, 3.8) is 0 Å². The number of methoxy groups -OCH3 is 1. The second kappa shape index (κ2) is 4.64. The smallest absolute Gasteiger partial charge is 0.224 e. The summed E-state index contributed by atoms with van der Waals surface area (Å²) in [5, 5.41) is 10.9. The average molecular weight is 273 g/mol. The van der Waals surface area contributed by atoms with E-state index in [9.17, 15) is 5.11 Å². The SMILES string of the molecule is COc1ncnc2c(Cl)c(C(C)O)c(Cl)cc12. The standard InChI is InChI=1S/C11H10Cl2N2O2/c1-5(16)8-7(12)3-6-10(9(8)13)14-4-15-11(6)17-2/h3-5,16H,1-2H3. The molecular formula is C11H10Cl2N2O2. The third kappa shape index (κ3) is 2.04. The zero-order valence-electron chi connectivity index (χ0n) is 9.24. The summed E-state index contributed by atoms with van der Waals surface area (Å²) in [6, 6.07) is 1.64. The van der Waals surface area contributed by atoms with Crippen molar-refractivity contribution in [2.75, 3.05) is 7.11 Å². The minimum Gasteiger partial charge on any atom is -0.480 e. The molecule has 0 saturated carbocycles. The first-order chi connectivity index (χ1) is 8.06. The average Bonchev–Trinajstić information content (AvgIpc) is 2.28. The van der Waals surface area contributed by atoms with Crippen molar-refractivity contribution in [1.29, 1.82) is 0 Å². The molecule has 2 aromatic rings. The topological polar surface area (TPSA) is 55.2 Å². The number of nitrogens with zero attached hydrogens (tertiary/aromatic N) is 2. The van der Waals surface area contributed by atoms with Gasteiger partial charge in [-0.1, -0.05) is 23.2 Å². The second-order valence-corrected chi connectivity index (χ2v) is 4.33. The summed E-state index contributed by atoms with van der Waals surface area (Å²) in [5.74, 6) is 0.399. The minimum absolute atomic E-state index is 0.322. The van der Waals surface area contributed by atoms with Crippen LogP contribution in [-0.2, 0) is 0 Å². The molecule has 0 fully saturated rings. The van der Waals surface area contributed by atoms with Gasteiger partial charge in [-0.2, -0.15) is 0 Å². The summed E-state index contributed by atoms with van der Waals surface area (Å²) in [5.41, 5.74) is 0.973. The Morgan fingerprint density at radius 2 is 2.06 bits per heavy atom. The Morgan fingerprint density at radius 1 is 1.35 bits per heavy atom. The molecular weight excluding hydrogens is 263 g/mol. The van der Waals surface area contributed by atoms with Crippen molar-refractivity contribution in [2.45, 2.75) is 13.0 Å². The van der Waals surface area contributed by atoms with Crippen molar-refractivity contribution in [3.8, 4) is 5.88 Å². The normalized spacial score (nSPS) is 12.8. The van der Waals surface area contributed by atoms with Gasteiger partial charge in [-0.25, -0.2) is 9.97 Å². The first-order valence-corrected chi connectivity index (χ1v) is 5.66. The van der Waals surface area contributed by atoms with Crippen molar-refractivity contribution < 1.29 is 9.84 Å². The Morgan fingerprint density at radius 3 is 2.65 bits per heavy atom. The van der Waals surface area contributed by atoms with Crippen molar-refractivity contribution in [2.24, 2.45) is 0 Å². The van der Waals surface area contributed by atoms with Crippen LogP contribution in [0.25, 0.3) is 10.9 Å². The van der Waals surface area contributed by atoms with Crippen LogP contribution < -0.4 is 4.74 Å². The molecule has 0 aliphatic carbocycles. The van der Waals surface area contributed by atoms with E-state index in [2.05, 4.69) is 9.97 Å². The quantitative estimate of drug-likeness (QED) is 0.913. The van der Waals surface area contributed by atoms with Gasteiger partial charge in [-0.3, -0.25) is 0 Å². The maximum absolute atomic E-state index is 9.63. The lowest BCUT2D eigenvalue weighted by Crippen LogP contribution is -1.98. The molecule has 1 N–H and O–H groups in total. The maximum Gasteiger partial charge on any atom is 0.224 e. The van der Waals surface area contributed by atoms with E-state index in [1.165, 1.54) is 13.4 Å². The zero-order chi connectivity index (χ0) is 12.6. The van der Waals surface area contributed by atoms with Crippen LogP contribution in [0.2, 0.25) is 10.0 Å². The molecule has 6 heteroatoms. The summed E-state index contributed by atoms with van der Waals surface area (Å²) < 4.78 is 5.11. The van der Waals surface area contributed by atoms with Gasteiger partial charge in [0.15, 0.2) is 0 Å². The molecule has 0 bridgehead atoms. The number of aromatic nitrogens is 2. The molecule has 17 heavy (non-hydrogen) atoms. The molecule has 1 aromatic heterocycles. The van der Waals surface area contributed by atoms with Crippen molar-refractivity contribution >= 4 is 34.1 Å². The summed E-state index contributed by atoms with van der Waals surface area (Å²) in [6.45, 7) is 1.59. The highest BCUT2D eigenvalue weighted by molar-refractivity contribution is 6.39. The van der Waals surface area contributed by atoms with Crippen molar-refractivity contribution in [1.82, 2.24) is 9.97 Å². The fraction of sp³-hybridized carbons (Fsp3) is 0.273. The summed E-state index contributed by atoms with van der Waals surface area (Å²) in [6.07, 6.45) is 0.590. The van der Waals surface area contributed by atoms with E-state index in [1.807, 2.05) is 0 Å². The Labute approximate surface area is 108 Å². The fourth-order valence-corrected chi connectivity index (χ4v) is 2.49. The Bertz CT molecular complexity index is 573. The largest absolute Gasteiger partial charge is 0.480 e. The number of hydrogen-bond donors (Lipinski definition) is 1. The van der Waals surface area contributed by atoms with Gasteiger partial charge in [0.05, 0.1) is 29.1 Å². The van der Waals surface area contributed by atoms with Gasteiger partial charge in [0.25, 0.3) is 0 Å². The van der Waals surface area contributed by atoms with Crippen LogP contribution >= 0.6 is 23.2 Å². The first-order valence-electron chi connectivity index (χ1n) is 4.91. The number of ether oxygens (including phenoxy) is 1. The van der Waals surface area contributed by atoms with Crippen LogP contribution in [-0.4, -0.2) is 22.2 Å². The Kier molecular flexibility index (Phi) is 3.38. The van der Waals surface area contributed by atoms with Crippen molar-refractivity contribution in [3.05, 3.63) is 28.0 Å². The highest BCUT2D eigenvalue weighted by Gasteiger charge is 2.18. The van der Waals surface area contributed by atoms with E-state index in [1.54, 1.807) is 13.0 Å². The molecule has 1 heterocycles. The highest BCUT2D eigenvalue weighted by Crippen LogP contribution is 2.37. The predicted molar refractivity (Wildman–Crippen MR) is 66.7 cm³/mol. The molecule has 0 amide bonds. The zero-order valence-corrected chi connectivity index (χ0v) is 10.7. The number of halogens is 2. The second-order valence-electron chi connectivity index (χ2n) is 3.54. The third-order valence-electron chi connectivity index (χ3n) is 2.43. The lowest BCUT2D eigenvalue weighted by molar-refractivity contribution is 0.199. The van der Waals surface area contributed by atoms with Crippen LogP contribution in [0.3, 0.4) is 0 Å². The molecule has 0 aliphatic heterocycles. The van der Waals surface area contributed by atoms with E-state index in [-0.39, 0.29) is 0 Å². The molecule has 0 radical (unpaired) electrons. The molecule has 1 aromatic carbocycles.